The third-order valence-corrected chi connectivity index (χ3v) is 10.7. The van der Waals surface area contributed by atoms with Gasteiger partial charge in [-0.1, -0.05) is 107 Å². The van der Waals surface area contributed by atoms with Crippen LogP contribution in [0.2, 0.25) is 10.0 Å². The van der Waals surface area contributed by atoms with Gasteiger partial charge in [0.2, 0.25) is 9.23 Å². The van der Waals surface area contributed by atoms with E-state index in [0.717, 1.165) is 41.7 Å². The van der Waals surface area contributed by atoms with Crippen LogP contribution in [0, 0.1) is 20.8 Å². The van der Waals surface area contributed by atoms with Gasteiger partial charge in [0, 0.05) is 52.8 Å². The summed E-state index contributed by atoms with van der Waals surface area (Å²) in [5.74, 6) is 0.266. The van der Waals surface area contributed by atoms with Crippen LogP contribution < -0.4 is 4.74 Å². The molecule has 5 rings (SSSR count). The van der Waals surface area contributed by atoms with Gasteiger partial charge in [-0.05, 0) is 84.5 Å². The van der Waals surface area contributed by atoms with E-state index in [9.17, 15) is 14.7 Å². The number of ether oxygens (including phenoxy) is 1. The van der Waals surface area contributed by atoms with Crippen molar-refractivity contribution >= 4 is 189 Å². The molecule has 0 radical (unpaired) electrons. The van der Waals surface area contributed by atoms with Crippen LogP contribution in [0.1, 0.15) is 54.1 Å². The first-order valence-electron chi connectivity index (χ1n) is 15.7. The van der Waals surface area contributed by atoms with Crippen molar-refractivity contribution in [1.29, 1.82) is 0 Å². The van der Waals surface area contributed by atoms with Gasteiger partial charge in [-0.25, -0.2) is 4.21 Å². The van der Waals surface area contributed by atoms with Crippen LogP contribution in [0.3, 0.4) is 0 Å². The van der Waals surface area contributed by atoms with Crippen LogP contribution in [0.15, 0.2) is 92.3 Å². The number of aromatic hydroxyl groups is 3. The summed E-state index contributed by atoms with van der Waals surface area (Å²) in [5, 5.41) is 36.7. The quantitative estimate of drug-likeness (QED) is 0.0546. The maximum atomic E-state index is 10.7. The third kappa shape index (κ3) is 24.4. The first-order valence-corrected chi connectivity index (χ1v) is 41.1. The van der Waals surface area contributed by atoms with E-state index >= 15 is 0 Å². The Balaban J connectivity index is 0.000000745. The van der Waals surface area contributed by atoms with Crippen molar-refractivity contribution < 1.29 is 39.0 Å². The van der Waals surface area contributed by atoms with Crippen molar-refractivity contribution in [2.75, 3.05) is 0 Å². The Morgan fingerprint density at radius 3 is 1.44 bits per heavy atom. The molecule has 0 amide bonds. The van der Waals surface area contributed by atoms with Crippen molar-refractivity contribution in [2.24, 2.45) is 0 Å². The fourth-order valence-corrected chi connectivity index (χ4v) is 5.92. The molecule has 4 N–H and O–H groups in total. The summed E-state index contributed by atoms with van der Waals surface area (Å²) >= 11 is 34.8. The number of aldehydes is 2. The molecule has 0 aromatic heterocycles. The maximum absolute atomic E-state index is 10.7. The number of phenols is 3. The fraction of sp³-hybridized carbons (Fsp3) is 0.158. The largest absolute Gasteiger partial charge is 0.507 e. The molecular formula is C38H34Br3Cl5I4O8S. The molecule has 0 spiro atoms. The second-order valence-corrected chi connectivity index (χ2v) is 65.8. The molecule has 5 aromatic rings. The van der Waals surface area contributed by atoms with Crippen molar-refractivity contribution in [3.63, 3.8) is 0 Å². The van der Waals surface area contributed by atoms with Gasteiger partial charge in [0.1, 0.15) is 29.6 Å². The maximum Gasteiger partial charge on any atom is 0.211 e. The van der Waals surface area contributed by atoms with Gasteiger partial charge in [0.05, 0.1) is 27.8 Å². The molecule has 0 aliphatic heterocycles. The average Bonchev–Trinajstić information content (AvgIpc) is 3.17. The summed E-state index contributed by atoms with van der Waals surface area (Å²) in [7, 11) is 7.00. The number of aliphatic hydroxyl groups excluding tert-OH is 1. The number of halogens is 12. The predicted octanol–water partition coefficient (Wildman–Crippen LogP) is 16.4. The van der Waals surface area contributed by atoms with Crippen LogP contribution >= 0.6 is 168 Å². The summed E-state index contributed by atoms with van der Waals surface area (Å²) in [6.07, 6.45) is 1.00. The molecule has 0 heterocycles. The minimum absolute atomic E-state index is 0.0462. The summed E-state index contributed by atoms with van der Waals surface area (Å²) in [6.45, 7) is 6.46. The van der Waals surface area contributed by atoms with Gasteiger partial charge in [-0.3, -0.25) is 9.59 Å². The average molecular weight is 1580 g/mol. The van der Waals surface area contributed by atoms with Gasteiger partial charge in [-0.15, -0.1) is 11.6 Å². The van der Waals surface area contributed by atoms with Gasteiger partial charge in [-0.2, -0.15) is 0 Å². The monoisotopic (exact) mass is 1570 g/mol. The SMILES string of the molecule is Cc1c(Br)cccc1CCl.Cc1c(Br)cccc1CO.Cc1c(Br)cccc1COc1cc(O)c(C=O)cc1Cl.II(I)I.O=Cc1cc(Cl)c(O)cc1O.O=S(Cl)Cl. The molecule has 0 bridgehead atoms. The molecule has 0 aliphatic rings. The number of hydrogen-bond acceptors (Lipinski definition) is 8. The van der Waals surface area contributed by atoms with E-state index in [-0.39, 0.29) is 52.9 Å². The second-order valence-electron chi connectivity index (χ2n) is 10.9. The molecule has 0 saturated heterocycles. The number of rotatable bonds is 7. The summed E-state index contributed by atoms with van der Waals surface area (Å²) in [6, 6.07) is 22.6. The van der Waals surface area contributed by atoms with E-state index in [1.807, 2.05) is 68.4 Å². The normalized spacial score (nSPS) is 10.0. The van der Waals surface area contributed by atoms with Gasteiger partial charge in [0.15, 0.2) is 12.6 Å². The molecule has 59 heavy (non-hydrogen) atoms. The number of carbonyl (C=O) groups excluding carboxylic acids is 2. The Morgan fingerprint density at radius 2 is 1.05 bits per heavy atom. The van der Waals surface area contributed by atoms with E-state index in [4.69, 9.17) is 59.1 Å². The standard InChI is InChI=1S/C15H12BrClO3.C8H8BrCl.C8H9BrO.C7H5ClO3.Cl2OS.I4/c1-9-10(3-2-4-12(9)16)8-20-15-6-14(19)11(7-18)5-13(15)17;2*1-6-7(5-10)3-2-4-8(6)9;8-5-1-4(3-9)6(10)2-7(5)11;2*1-4(2)3/h2-7,19H,8H2,1H3;2-4H,5H2,1H3;2-4,10H,5H2,1H3;1-3,10-11H;;. The summed E-state index contributed by atoms with van der Waals surface area (Å²) in [5.41, 5.74) is 6.81. The fourth-order valence-electron chi connectivity index (χ4n) is 4.01. The van der Waals surface area contributed by atoms with Crippen LogP contribution in [0.25, 0.3) is 0 Å². The molecule has 0 saturated carbocycles. The predicted molar refractivity (Wildman–Crippen MR) is 291 cm³/mol. The molecule has 21 heteroatoms. The minimum atomic E-state index is -1.67. The number of aliphatic hydroxyl groups is 1. The molecule has 5 aromatic carbocycles. The van der Waals surface area contributed by atoms with Crippen molar-refractivity contribution in [1.82, 2.24) is 0 Å². The van der Waals surface area contributed by atoms with E-state index in [2.05, 4.69) is 132 Å². The van der Waals surface area contributed by atoms with Crippen molar-refractivity contribution in [3.8, 4) is 23.0 Å². The molecule has 8 nitrogen and oxygen atoms in total. The van der Waals surface area contributed by atoms with Crippen LogP contribution in [-0.2, 0) is 28.3 Å². The zero-order valence-corrected chi connectivity index (χ0v) is 48.6. The van der Waals surface area contributed by atoms with E-state index < -0.39 is 9.23 Å². The van der Waals surface area contributed by atoms with Gasteiger partial charge in [0.25, 0.3) is 0 Å². The zero-order chi connectivity index (χ0) is 45.4. The van der Waals surface area contributed by atoms with Crippen LogP contribution in [0.4, 0.5) is 0 Å². The smallest absolute Gasteiger partial charge is 0.211 e. The molecule has 0 atom stereocenters. The Kier molecular flexibility index (Phi) is 33.4. The Bertz CT molecular complexity index is 2090. The summed E-state index contributed by atoms with van der Waals surface area (Å²) < 4.78 is 17.9. The number of phenolic OH excluding ortho intramolecular Hbond substituents is 3. The number of carbonyl (C=O) groups is 2. The first-order chi connectivity index (χ1) is 27.6. The van der Waals surface area contributed by atoms with Crippen molar-refractivity contribution in [3.05, 3.63) is 147 Å². The molecule has 0 aliphatic carbocycles. The Morgan fingerprint density at radius 1 is 0.678 bits per heavy atom. The number of hydrogen-bond donors (Lipinski definition) is 4. The van der Waals surface area contributed by atoms with Crippen LogP contribution in [0.5, 0.6) is 23.0 Å². The van der Waals surface area contributed by atoms with Crippen LogP contribution in [-0.4, -0.2) is 37.2 Å². The Labute approximate surface area is 431 Å². The minimum Gasteiger partial charge on any atom is -0.507 e. The van der Waals surface area contributed by atoms with E-state index in [1.165, 1.54) is 29.3 Å². The molecule has 0 unspecified atom stereocenters. The molecule has 324 valence electrons. The van der Waals surface area contributed by atoms with E-state index in [1.54, 1.807) is 0 Å². The topological polar surface area (TPSA) is 141 Å². The van der Waals surface area contributed by atoms with Gasteiger partial charge >= 0.3 is 63.7 Å². The third-order valence-electron chi connectivity index (χ3n) is 7.27. The Hall–Kier alpha value is 0.560. The second kappa shape index (κ2) is 33.1. The molecular weight excluding hydrogens is 1540 g/mol. The van der Waals surface area contributed by atoms with Gasteiger partial charge < -0.3 is 25.2 Å². The van der Waals surface area contributed by atoms with E-state index in [0.29, 0.717) is 30.8 Å². The zero-order valence-electron chi connectivity index (χ0n) is 30.6. The number of alkyl halides is 1. The first kappa shape index (κ1) is 59.6. The number of benzene rings is 5. The summed E-state index contributed by atoms with van der Waals surface area (Å²) in [4.78, 5) is 20.9. The molecule has 0 fully saturated rings. The van der Waals surface area contributed by atoms with Crippen molar-refractivity contribution in [2.45, 2.75) is 39.9 Å².